The van der Waals surface area contributed by atoms with Crippen molar-refractivity contribution in [2.45, 2.75) is 13.1 Å². The Hall–Kier alpha value is -3.38. The molecule has 7 heteroatoms. The Kier molecular flexibility index (Phi) is 5.44. The molecule has 2 aromatic heterocycles. The Bertz CT molecular complexity index is 1170. The molecule has 2 aromatic carbocycles. The van der Waals surface area contributed by atoms with Crippen LogP contribution in [0.3, 0.4) is 0 Å². The minimum absolute atomic E-state index is 0.142. The summed E-state index contributed by atoms with van der Waals surface area (Å²) in [6.07, 6.45) is 7.11. The van der Waals surface area contributed by atoms with E-state index in [4.69, 9.17) is 11.6 Å². The first-order chi connectivity index (χ1) is 14.1. The van der Waals surface area contributed by atoms with Crippen LogP contribution >= 0.6 is 11.6 Å². The van der Waals surface area contributed by atoms with Crippen LogP contribution in [0.4, 0.5) is 5.69 Å². The van der Waals surface area contributed by atoms with Crippen molar-refractivity contribution in [3.8, 4) is 11.1 Å². The Morgan fingerprint density at radius 1 is 1.10 bits per heavy atom. The van der Waals surface area contributed by atoms with Gasteiger partial charge in [-0.3, -0.25) is 4.79 Å². The fourth-order valence-corrected chi connectivity index (χ4v) is 3.40. The first-order valence-electron chi connectivity index (χ1n) is 9.20. The summed E-state index contributed by atoms with van der Waals surface area (Å²) in [7, 11) is 1.57. The number of benzene rings is 2. The maximum Gasteiger partial charge on any atom is 0.287 e. The van der Waals surface area contributed by atoms with Gasteiger partial charge in [0.15, 0.2) is 0 Å². The van der Waals surface area contributed by atoms with Crippen LogP contribution in [0.15, 0.2) is 78.2 Å². The van der Waals surface area contributed by atoms with E-state index in [2.05, 4.69) is 51.8 Å². The molecule has 0 unspecified atom stereocenters. The molecule has 1 N–H and O–H groups in total. The summed E-state index contributed by atoms with van der Waals surface area (Å²) in [5, 5.41) is 7.40. The lowest BCUT2D eigenvalue weighted by atomic mass is 9.98. The van der Waals surface area contributed by atoms with Crippen LogP contribution in [0.1, 0.15) is 11.1 Å². The zero-order chi connectivity index (χ0) is 20.2. The second kappa shape index (κ2) is 8.32. The molecule has 0 bridgehead atoms. The van der Waals surface area contributed by atoms with E-state index in [0.717, 1.165) is 23.2 Å². The zero-order valence-corrected chi connectivity index (χ0v) is 16.7. The fraction of sp³-hybridized carbons (Fsp3) is 0.136. The first kappa shape index (κ1) is 19.0. The van der Waals surface area contributed by atoms with Gasteiger partial charge in [-0.15, -0.1) is 0 Å². The summed E-state index contributed by atoms with van der Waals surface area (Å²) in [6.45, 7) is 1.32. The van der Waals surface area contributed by atoms with Gasteiger partial charge in [-0.1, -0.05) is 60.1 Å². The molecule has 6 nitrogen and oxygen atoms in total. The third kappa shape index (κ3) is 4.22. The van der Waals surface area contributed by atoms with Gasteiger partial charge >= 0.3 is 0 Å². The SMILES string of the molecule is Cn1ncc(NCc2ccccc2-c2ccc(Cn3ccnc3)cc2)c(Cl)c1=O. The number of nitrogens with zero attached hydrogens (tertiary/aromatic N) is 4. The van der Waals surface area contributed by atoms with Crippen LogP contribution in [-0.4, -0.2) is 19.3 Å². The van der Waals surface area contributed by atoms with Gasteiger partial charge in [0.05, 0.1) is 18.2 Å². The summed E-state index contributed by atoms with van der Waals surface area (Å²) >= 11 is 6.15. The Morgan fingerprint density at radius 2 is 1.90 bits per heavy atom. The number of imidazole rings is 1. The summed E-state index contributed by atoms with van der Waals surface area (Å²) < 4.78 is 3.25. The summed E-state index contributed by atoms with van der Waals surface area (Å²) in [5.41, 5.74) is 4.78. The van der Waals surface area contributed by atoms with E-state index in [9.17, 15) is 4.79 Å². The number of nitrogens with one attached hydrogen (secondary N) is 1. The molecular weight excluding hydrogens is 386 g/mol. The number of aryl methyl sites for hydroxylation is 1. The summed E-state index contributed by atoms with van der Waals surface area (Å²) in [4.78, 5) is 16.0. The number of rotatable bonds is 6. The van der Waals surface area contributed by atoms with E-state index >= 15 is 0 Å². The van der Waals surface area contributed by atoms with Crippen LogP contribution < -0.4 is 10.9 Å². The minimum Gasteiger partial charge on any atom is -0.378 e. The number of hydrogen-bond acceptors (Lipinski definition) is 4. The average molecular weight is 406 g/mol. The smallest absolute Gasteiger partial charge is 0.287 e. The molecule has 146 valence electrons. The maximum absolute atomic E-state index is 12.0. The van der Waals surface area contributed by atoms with Gasteiger partial charge in [0, 0.05) is 32.5 Å². The van der Waals surface area contributed by atoms with E-state index in [1.54, 1.807) is 19.4 Å². The van der Waals surface area contributed by atoms with E-state index in [0.29, 0.717) is 12.2 Å². The molecule has 0 aliphatic heterocycles. The second-order valence-electron chi connectivity index (χ2n) is 6.74. The maximum atomic E-state index is 12.0. The molecule has 4 aromatic rings. The van der Waals surface area contributed by atoms with Gasteiger partial charge in [0.25, 0.3) is 5.56 Å². The van der Waals surface area contributed by atoms with E-state index in [-0.39, 0.29) is 10.6 Å². The Morgan fingerprint density at radius 3 is 2.66 bits per heavy atom. The third-order valence-corrected chi connectivity index (χ3v) is 5.12. The zero-order valence-electron chi connectivity index (χ0n) is 15.9. The lowest BCUT2D eigenvalue weighted by Crippen LogP contribution is -2.21. The summed E-state index contributed by atoms with van der Waals surface area (Å²) in [5.74, 6) is 0. The number of hydrogen-bond donors (Lipinski definition) is 1. The molecule has 0 atom stereocenters. The Balaban J connectivity index is 1.54. The Labute approximate surface area is 173 Å². The van der Waals surface area contributed by atoms with Gasteiger partial charge in [-0.2, -0.15) is 5.10 Å². The van der Waals surface area contributed by atoms with Gasteiger partial charge < -0.3 is 9.88 Å². The van der Waals surface area contributed by atoms with Crippen molar-refractivity contribution in [3.63, 3.8) is 0 Å². The highest BCUT2D eigenvalue weighted by atomic mass is 35.5. The van der Waals surface area contributed by atoms with Crippen molar-refractivity contribution >= 4 is 17.3 Å². The highest BCUT2D eigenvalue weighted by molar-refractivity contribution is 6.32. The van der Waals surface area contributed by atoms with Crippen LogP contribution in [0.25, 0.3) is 11.1 Å². The fourth-order valence-electron chi connectivity index (χ4n) is 3.16. The molecule has 0 amide bonds. The van der Waals surface area contributed by atoms with Crippen molar-refractivity contribution < 1.29 is 0 Å². The topological polar surface area (TPSA) is 64.7 Å². The van der Waals surface area contributed by atoms with E-state index < -0.39 is 0 Å². The predicted octanol–water partition coefficient (Wildman–Crippen LogP) is 3.96. The number of aromatic nitrogens is 4. The molecular formula is C22H20ClN5O. The standard InChI is InChI=1S/C22H20ClN5O/c1-27-22(29)21(23)20(13-26-27)25-12-18-4-2-3-5-19(18)17-8-6-16(7-9-17)14-28-11-10-24-15-28/h2-11,13,15,25H,12,14H2,1H3. The minimum atomic E-state index is -0.321. The van der Waals surface area contributed by atoms with Crippen LogP contribution in [0.5, 0.6) is 0 Å². The van der Waals surface area contributed by atoms with Crippen molar-refractivity contribution in [3.05, 3.63) is 100.0 Å². The molecule has 0 radical (unpaired) electrons. The molecule has 0 spiro atoms. The van der Waals surface area contributed by atoms with Gasteiger partial charge in [0.1, 0.15) is 5.02 Å². The predicted molar refractivity (Wildman–Crippen MR) is 115 cm³/mol. The van der Waals surface area contributed by atoms with Crippen LogP contribution in [-0.2, 0) is 20.1 Å². The lowest BCUT2D eigenvalue weighted by Gasteiger charge is -2.13. The van der Waals surface area contributed by atoms with E-state index in [1.807, 2.05) is 29.2 Å². The lowest BCUT2D eigenvalue weighted by molar-refractivity contribution is 0.708. The van der Waals surface area contributed by atoms with Gasteiger partial charge in [-0.25, -0.2) is 9.67 Å². The summed E-state index contributed by atoms with van der Waals surface area (Å²) in [6, 6.07) is 16.7. The molecule has 0 saturated carbocycles. The molecule has 0 aliphatic rings. The largest absolute Gasteiger partial charge is 0.378 e. The van der Waals surface area contributed by atoms with Crippen molar-refractivity contribution in [1.29, 1.82) is 0 Å². The van der Waals surface area contributed by atoms with Crippen molar-refractivity contribution in [2.24, 2.45) is 7.05 Å². The average Bonchev–Trinajstić information content (AvgIpc) is 3.25. The van der Waals surface area contributed by atoms with Gasteiger partial charge in [0.2, 0.25) is 0 Å². The molecule has 4 rings (SSSR count). The molecule has 29 heavy (non-hydrogen) atoms. The molecule has 0 fully saturated rings. The highest BCUT2D eigenvalue weighted by Gasteiger charge is 2.09. The molecule has 2 heterocycles. The first-order valence-corrected chi connectivity index (χ1v) is 9.58. The van der Waals surface area contributed by atoms with E-state index in [1.165, 1.54) is 10.2 Å². The molecule has 0 aliphatic carbocycles. The second-order valence-corrected chi connectivity index (χ2v) is 7.12. The van der Waals surface area contributed by atoms with Crippen LogP contribution in [0.2, 0.25) is 5.02 Å². The third-order valence-electron chi connectivity index (χ3n) is 4.75. The molecule has 0 saturated heterocycles. The quantitative estimate of drug-likeness (QED) is 0.527. The number of halogens is 1. The number of anilines is 1. The van der Waals surface area contributed by atoms with Crippen molar-refractivity contribution in [1.82, 2.24) is 19.3 Å². The monoisotopic (exact) mass is 405 g/mol. The van der Waals surface area contributed by atoms with Crippen LogP contribution in [0, 0.1) is 0 Å². The highest BCUT2D eigenvalue weighted by Crippen LogP contribution is 2.26. The van der Waals surface area contributed by atoms with Crippen molar-refractivity contribution in [2.75, 3.05) is 5.32 Å². The normalized spacial score (nSPS) is 10.8. The van der Waals surface area contributed by atoms with Gasteiger partial charge in [-0.05, 0) is 22.3 Å².